The van der Waals surface area contributed by atoms with E-state index in [2.05, 4.69) is 25.9 Å². The highest BCUT2D eigenvalue weighted by Crippen LogP contribution is 2.23. The van der Waals surface area contributed by atoms with Crippen LogP contribution >= 0.6 is 0 Å². The lowest BCUT2D eigenvalue weighted by atomic mass is 9.89. The minimum atomic E-state index is 0.203. The minimum absolute atomic E-state index is 0.203. The molecule has 6 heteroatoms. The molecule has 6 nitrogen and oxygen atoms in total. The molecule has 1 amide bonds. The fourth-order valence-corrected chi connectivity index (χ4v) is 2.95. The number of nitrogens with zero attached hydrogens (tertiary/aromatic N) is 2. The van der Waals surface area contributed by atoms with Crippen LogP contribution in [-0.4, -0.2) is 43.5 Å². The maximum atomic E-state index is 12.0. The second kappa shape index (κ2) is 10.6. The van der Waals surface area contributed by atoms with E-state index in [-0.39, 0.29) is 11.8 Å². The van der Waals surface area contributed by atoms with Crippen molar-refractivity contribution in [3.8, 4) is 0 Å². The quantitative estimate of drug-likeness (QED) is 0.402. The van der Waals surface area contributed by atoms with Crippen molar-refractivity contribution in [3.05, 3.63) is 30.1 Å². The highest BCUT2D eigenvalue weighted by Gasteiger charge is 2.20. The molecule has 1 saturated carbocycles. The second-order valence-corrected chi connectivity index (χ2v) is 6.12. The Morgan fingerprint density at radius 2 is 1.88 bits per heavy atom. The predicted octanol–water partition coefficient (Wildman–Crippen LogP) is 1.49. The first-order valence-electron chi connectivity index (χ1n) is 8.91. The lowest BCUT2D eigenvalue weighted by Crippen LogP contribution is -2.43. The summed E-state index contributed by atoms with van der Waals surface area (Å²) in [6.07, 6.45) is 8.36. The Kier molecular flexibility index (Phi) is 8.07. The molecule has 1 aliphatic rings. The number of rotatable bonds is 7. The number of hydrogen-bond donors (Lipinski definition) is 3. The Balaban J connectivity index is 1.57. The molecule has 0 spiro atoms. The van der Waals surface area contributed by atoms with Crippen molar-refractivity contribution in [3.63, 3.8) is 0 Å². The summed E-state index contributed by atoms with van der Waals surface area (Å²) in [5.74, 6) is 1.17. The Hall–Kier alpha value is -2.11. The Morgan fingerprint density at radius 1 is 1.12 bits per heavy atom. The van der Waals surface area contributed by atoms with Crippen LogP contribution in [0.1, 0.15) is 37.8 Å². The van der Waals surface area contributed by atoms with Gasteiger partial charge in [0.25, 0.3) is 0 Å². The molecule has 24 heavy (non-hydrogen) atoms. The van der Waals surface area contributed by atoms with E-state index in [1.54, 1.807) is 13.2 Å². The molecule has 0 bridgehead atoms. The van der Waals surface area contributed by atoms with Crippen molar-refractivity contribution in [2.24, 2.45) is 10.9 Å². The smallest absolute Gasteiger partial charge is 0.223 e. The molecule has 1 aromatic heterocycles. The summed E-state index contributed by atoms with van der Waals surface area (Å²) < 4.78 is 0. The first-order valence-corrected chi connectivity index (χ1v) is 8.91. The molecule has 132 valence electrons. The van der Waals surface area contributed by atoms with Gasteiger partial charge in [0.05, 0.1) is 0 Å². The van der Waals surface area contributed by atoms with Crippen LogP contribution in [0.2, 0.25) is 0 Å². The lowest BCUT2D eigenvalue weighted by molar-refractivity contribution is -0.125. The molecule has 0 atom stereocenters. The van der Waals surface area contributed by atoms with Crippen LogP contribution in [0.4, 0.5) is 0 Å². The zero-order valence-electron chi connectivity index (χ0n) is 14.6. The fourth-order valence-electron chi connectivity index (χ4n) is 2.95. The van der Waals surface area contributed by atoms with Gasteiger partial charge >= 0.3 is 0 Å². The first-order chi connectivity index (χ1) is 11.8. The number of aromatic nitrogens is 1. The Bertz CT molecular complexity index is 511. The van der Waals surface area contributed by atoms with Crippen LogP contribution in [0.5, 0.6) is 0 Å². The van der Waals surface area contributed by atoms with Crippen molar-refractivity contribution >= 4 is 11.9 Å². The van der Waals surface area contributed by atoms with Crippen molar-refractivity contribution in [1.29, 1.82) is 0 Å². The zero-order chi connectivity index (χ0) is 17.0. The summed E-state index contributed by atoms with van der Waals surface area (Å²) in [6, 6.07) is 5.92. The van der Waals surface area contributed by atoms with Gasteiger partial charge in [0.1, 0.15) is 0 Å². The van der Waals surface area contributed by atoms with Gasteiger partial charge < -0.3 is 16.0 Å². The third-order valence-electron chi connectivity index (χ3n) is 4.32. The molecule has 3 N–H and O–H groups in total. The number of aliphatic imine (C=N–C) groups is 1. The highest BCUT2D eigenvalue weighted by molar-refractivity contribution is 5.80. The maximum absolute atomic E-state index is 12.0. The van der Waals surface area contributed by atoms with Gasteiger partial charge in [0, 0.05) is 50.9 Å². The van der Waals surface area contributed by atoms with Crippen LogP contribution in [0, 0.1) is 5.92 Å². The van der Waals surface area contributed by atoms with E-state index in [4.69, 9.17) is 0 Å². The molecule has 2 rings (SSSR count). The number of amides is 1. The second-order valence-electron chi connectivity index (χ2n) is 6.12. The average Bonchev–Trinajstić information content (AvgIpc) is 2.65. The van der Waals surface area contributed by atoms with Gasteiger partial charge in [-0.15, -0.1) is 0 Å². The number of hydrogen-bond acceptors (Lipinski definition) is 3. The summed E-state index contributed by atoms with van der Waals surface area (Å²) in [4.78, 5) is 20.5. The SMILES string of the molecule is CN=C(NCCNC(=O)C1CCCCC1)NCCc1ccccn1. The van der Waals surface area contributed by atoms with E-state index < -0.39 is 0 Å². The maximum Gasteiger partial charge on any atom is 0.223 e. The molecule has 1 aromatic rings. The Morgan fingerprint density at radius 3 is 2.58 bits per heavy atom. The van der Waals surface area contributed by atoms with Crippen LogP contribution in [0.15, 0.2) is 29.4 Å². The monoisotopic (exact) mass is 331 g/mol. The zero-order valence-corrected chi connectivity index (χ0v) is 14.6. The fraction of sp³-hybridized carbons (Fsp3) is 0.611. The van der Waals surface area contributed by atoms with E-state index >= 15 is 0 Å². The predicted molar refractivity (Wildman–Crippen MR) is 96.9 cm³/mol. The number of carbonyl (C=O) groups excluding carboxylic acids is 1. The third-order valence-corrected chi connectivity index (χ3v) is 4.32. The van der Waals surface area contributed by atoms with E-state index in [1.165, 1.54) is 19.3 Å². The van der Waals surface area contributed by atoms with Gasteiger partial charge in [-0.2, -0.15) is 0 Å². The highest BCUT2D eigenvalue weighted by atomic mass is 16.1. The number of guanidine groups is 1. The molecular weight excluding hydrogens is 302 g/mol. The third kappa shape index (κ3) is 6.56. The van der Waals surface area contributed by atoms with E-state index in [0.29, 0.717) is 13.1 Å². The van der Waals surface area contributed by atoms with Crippen molar-refractivity contribution in [2.75, 3.05) is 26.7 Å². The molecule has 0 unspecified atom stereocenters. The summed E-state index contributed by atoms with van der Waals surface area (Å²) >= 11 is 0. The Labute approximate surface area is 144 Å². The molecule has 0 aliphatic heterocycles. The summed E-state index contributed by atoms with van der Waals surface area (Å²) in [5.41, 5.74) is 1.06. The summed E-state index contributed by atoms with van der Waals surface area (Å²) in [6.45, 7) is 2.06. The average molecular weight is 331 g/mol. The molecular formula is C18H29N5O. The van der Waals surface area contributed by atoms with Crippen LogP contribution in [0.25, 0.3) is 0 Å². The number of nitrogens with one attached hydrogen (secondary N) is 3. The van der Waals surface area contributed by atoms with Gasteiger partial charge in [-0.1, -0.05) is 25.3 Å². The summed E-state index contributed by atoms with van der Waals surface area (Å²) in [7, 11) is 1.75. The standard InChI is InChI=1S/C18H29N5O/c1-19-18(22-12-10-16-9-5-6-11-20-16)23-14-13-21-17(24)15-7-3-2-4-8-15/h5-6,9,11,15H,2-4,7-8,10,12-14H2,1H3,(H,21,24)(H2,19,22,23). The van der Waals surface area contributed by atoms with E-state index in [9.17, 15) is 4.79 Å². The minimum Gasteiger partial charge on any atom is -0.356 e. The molecule has 0 aromatic carbocycles. The van der Waals surface area contributed by atoms with Crippen molar-refractivity contribution in [2.45, 2.75) is 38.5 Å². The molecule has 1 aliphatic carbocycles. The largest absolute Gasteiger partial charge is 0.356 e. The molecule has 0 saturated heterocycles. The van der Waals surface area contributed by atoms with Crippen LogP contribution in [0.3, 0.4) is 0 Å². The van der Waals surface area contributed by atoms with Crippen LogP contribution in [-0.2, 0) is 11.2 Å². The van der Waals surface area contributed by atoms with Crippen LogP contribution < -0.4 is 16.0 Å². The molecule has 0 radical (unpaired) electrons. The van der Waals surface area contributed by atoms with Gasteiger partial charge in [-0.3, -0.25) is 14.8 Å². The number of carbonyl (C=O) groups is 1. The first kappa shape index (κ1) is 18.2. The summed E-state index contributed by atoms with van der Waals surface area (Å²) in [5, 5.41) is 9.49. The van der Waals surface area contributed by atoms with Gasteiger partial charge in [-0.25, -0.2) is 0 Å². The van der Waals surface area contributed by atoms with Gasteiger partial charge in [-0.05, 0) is 25.0 Å². The lowest BCUT2D eigenvalue weighted by Gasteiger charge is -2.21. The molecule has 1 fully saturated rings. The molecule has 1 heterocycles. The van der Waals surface area contributed by atoms with Crippen molar-refractivity contribution < 1.29 is 4.79 Å². The van der Waals surface area contributed by atoms with Gasteiger partial charge in [0.15, 0.2) is 5.96 Å². The van der Waals surface area contributed by atoms with Gasteiger partial charge in [0.2, 0.25) is 5.91 Å². The van der Waals surface area contributed by atoms with E-state index in [0.717, 1.165) is 37.5 Å². The van der Waals surface area contributed by atoms with E-state index in [1.807, 2.05) is 18.2 Å². The topological polar surface area (TPSA) is 78.4 Å². The van der Waals surface area contributed by atoms with Crippen molar-refractivity contribution in [1.82, 2.24) is 20.9 Å². The normalized spacial score (nSPS) is 15.8. The number of pyridine rings is 1.